The van der Waals surface area contributed by atoms with E-state index in [0.29, 0.717) is 17.8 Å². The largest absolute Gasteiger partial charge is 0.393 e. The Hall–Kier alpha value is -1.58. The molecule has 0 bridgehead atoms. The second-order valence-electron chi connectivity index (χ2n) is 11.5. The molecule has 0 spiro atoms. The van der Waals surface area contributed by atoms with Gasteiger partial charge < -0.3 is 15.1 Å². The maximum atomic E-state index is 11.4. The average molecular weight is 422 g/mol. The van der Waals surface area contributed by atoms with Gasteiger partial charge in [0.2, 0.25) is 0 Å². The Balaban J connectivity index is 1.43. The van der Waals surface area contributed by atoms with E-state index in [-0.39, 0.29) is 23.0 Å². The average Bonchev–Trinajstić information content (AvgIpc) is 2.99. The standard InChI is InChI=1S/C28H39NO2/c1-27-13-11-22(30)17-20(27)7-10-23-24(27)12-14-28(2)25(23)16-19(26(28)31)15-18-5-8-21(9-6-18)29(3)4/h5-9,15,22-26,30-31H,10-14,16-17H2,1-4H3/t22-,23+,24-,25-,26-,27-,28-/m0/s1. The van der Waals surface area contributed by atoms with Gasteiger partial charge in [-0.15, -0.1) is 0 Å². The zero-order valence-electron chi connectivity index (χ0n) is 19.6. The Labute approximate surface area is 187 Å². The number of nitrogens with zero attached hydrogens (tertiary/aromatic N) is 1. The molecule has 1 aromatic carbocycles. The molecule has 0 aromatic heterocycles. The van der Waals surface area contributed by atoms with Crippen LogP contribution in [0.4, 0.5) is 5.69 Å². The van der Waals surface area contributed by atoms with Crippen molar-refractivity contribution in [1.29, 1.82) is 0 Å². The number of hydrogen-bond donors (Lipinski definition) is 2. The van der Waals surface area contributed by atoms with Crippen molar-refractivity contribution in [2.24, 2.45) is 28.6 Å². The molecule has 3 fully saturated rings. The topological polar surface area (TPSA) is 43.7 Å². The molecule has 0 unspecified atom stereocenters. The molecule has 4 aliphatic carbocycles. The van der Waals surface area contributed by atoms with Gasteiger partial charge in [0.05, 0.1) is 12.2 Å². The lowest BCUT2D eigenvalue weighted by molar-refractivity contribution is -0.0685. The Morgan fingerprint density at radius 1 is 0.968 bits per heavy atom. The molecular formula is C28H39NO2. The van der Waals surface area contributed by atoms with Gasteiger partial charge in [-0.05, 0) is 91.4 Å². The summed E-state index contributed by atoms with van der Waals surface area (Å²) in [5.41, 5.74) is 5.39. The summed E-state index contributed by atoms with van der Waals surface area (Å²) in [7, 11) is 4.13. The molecule has 0 saturated heterocycles. The lowest BCUT2D eigenvalue weighted by Gasteiger charge is -2.57. The minimum absolute atomic E-state index is 0.00748. The van der Waals surface area contributed by atoms with Gasteiger partial charge in [-0.25, -0.2) is 0 Å². The summed E-state index contributed by atoms with van der Waals surface area (Å²) in [5, 5.41) is 21.7. The summed E-state index contributed by atoms with van der Waals surface area (Å²) < 4.78 is 0. The van der Waals surface area contributed by atoms with Crippen LogP contribution in [0.25, 0.3) is 6.08 Å². The maximum Gasteiger partial charge on any atom is 0.0809 e. The zero-order valence-corrected chi connectivity index (χ0v) is 19.6. The van der Waals surface area contributed by atoms with Crippen LogP contribution >= 0.6 is 0 Å². The van der Waals surface area contributed by atoms with Crippen LogP contribution in [0.2, 0.25) is 0 Å². The van der Waals surface area contributed by atoms with E-state index >= 15 is 0 Å². The third kappa shape index (κ3) is 3.31. The number of allylic oxidation sites excluding steroid dienone is 1. The number of aliphatic hydroxyl groups excluding tert-OH is 2. The third-order valence-corrected chi connectivity index (χ3v) is 9.71. The summed E-state index contributed by atoms with van der Waals surface area (Å²) in [6.07, 6.45) is 11.7. The second-order valence-corrected chi connectivity index (χ2v) is 11.5. The zero-order chi connectivity index (χ0) is 22.0. The van der Waals surface area contributed by atoms with Crippen LogP contribution in [-0.4, -0.2) is 36.5 Å². The molecule has 3 heteroatoms. The van der Waals surface area contributed by atoms with E-state index in [4.69, 9.17) is 0 Å². The number of rotatable bonds is 2. The van der Waals surface area contributed by atoms with Gasteiger partial charge in [-0.3, -0.25) is 0 Å². The molecule has 0 radical (unpaired) electrons. The lowest BCUT2D eigenvalue weighted by Crippen LogP contribution is -2.51. The van der Waals surface area contributed by atoms with Gasteiger partial charge in [0, 0.05) is 25.2 Å². The van der Waals surface area contributed by atoms with Gasteiger partial charge in [-0.1, -0.05) is 43.7 Å². The number of benzene rings is 1. The van der Waals surface area contributed by atoms with Gasteiger partial charge in [0.25, 0.3) is 0 Å². The first-order valence-electron chi connectivity index (χ1n) is 12.3. The molecule has 0 aliphatic heterocycles. The van der Waals surface area contributed by atoms with Crippen LogP contribution in [0.15, 0.2) is 41.5 Å². The molecule has 2 N–H and O–H groups in total. The summed E-state index contributed by atoms with van der Waals surface area (Å²) in [5.74, 6) is 1.90. The van der Waals surface area contributed by atoms with E-state index in [1.807, 2.05) is 0 Å². The van der Waals surface area contributed by atoms with E-state index in [9.17, 15) is 10.2 Å². The number of aliphatic hydroxyl groups is 2. The van der Waals surface area contributed by atoms with Crippen molar-refractivity contribution >= 4 is 11.8 Å². The smallest absolute Gasteiger partial charge is 0.0809 e. The molecule has 4 aliphatic rings. The van der Waals surface area contributed by atoms with Gasteiger partial charge in [0.15, 0.2) is 0 Å². The number of fused-ring (bicyclic) bond motifs is 5. The molecule has 0 heterocycles. The first-order valence-corrected chi connectivity index (χ1v) is 12.3. The van der Waals surface area contributed by atoms with Gasteiger partial charge >= 0.3 is 0 Å². The molecular weight excluding hydrogens is 382 g/mol. The molecule has 31 heavy (non-hydrogen) atoms. The van der Waals surface area contributed by atoms with Crippen LogP contribution in [0.3, 0.4) is 0 Å². The van der Waals surface area contributed by atoms with E-state index in [0.717, 1.165) is 38.5 Å². The fraction of sp³-hybridized carbons (Fsp3) is 0.643. The molecule has 1 aromatic rings. The van der Waals surface area contributed by atoms with Crippen molar-refractivity contribution in [2.45, 2.75) is 71.0 Å². The molecule has 7 atom stereocenters. The highest BCUT2D eigenvalue weighted by Crippen LogP contribution is 2.65. The summed E-state index contributed by atoms with van der Waals surface area (Å²) in [6.45, 7) is 4.82. The van der Waals surface area contributed by atoms with Gasteiger partial charge in [-0.2, -0.15) is 0 Å². The number of hydrogen-bond acceptors (Lipinski definition) is 3. The van der Waals surface area contributed by atoms with Crippen molar-refractivity contribution in [3.8, 4) is 0 Å². The van der Waals surface area contributed by atoms with E-state index in [2.05, 4.69) is 69.3 Å². The van der Waals surface area contributed by atoms with Crippen molar-refractivity contribution in [3.63, 3.8) is 0 Å². The Morgan fingerprint density at radius 2 is 1.71 bits per heavy atom. The van der Waals surface area contributed by atoms with Crippen LogP contribution in [0.5, 0.6) is 0 Å². The highest BCUT2D eigenvalue weighted by atomic mass is 16.3. The third-order valence-electron chi connectivity index (χ3n) is 9.71. The van der Waals surface area contributed by atoms with Crippen molar-refractivity contribution in [2.75, 3.05) is 19.0 Å². The SMILES string of the molecule is CN(C)c1ccc(C=C2C[C@H]3[C@@H]4CC=C5C[C@@H](O)CC[C@]5(C)[C@H]4CC[C@]3(C)[C@H]2O)cc1. The lowest BCUT2D eigenvalue weighted by atomic mass is 9.48. The summed E-state index contributed by atoms with van der Waals surface area (Å²) >= 11 is 0. The summed E-state index contributed by atoms with van der Waals surface area (Å²) in [6, 6.07) is 8.66. The Kier molecular flexibility index (Phi) is 5.14. The minimum Gasteiger partial charge on any atom is -0.393 e. The Bertz CT molecular complexity index is 900. The molecule has 168 valence electrons. The van der Waals surface area contributed by atoms with Crippen LogP contribution in [-0.2, 0) is 0 Å². The van der Waals surface area contributed by atoms with E-state index in [1.165, 1.54) is 28.8 Å². The maximum absolute atomic E-state index is 11.4. The van der Waals surface area contributed by atoms with Crippen molar-refractivity contribution in [3.05, 3.63) is 47.1 Å². The molecule has 0 amide bonds. The quantitative estimate of drug-likeness (QED) is 0.626. The normalized spacial score (nSPS) is 43.1. The predicted octanol–water partition coefficient (Wildman–Crippen LogP) is 5.43. The highest BCUT2D eigenvalue weighted by molar-refractivity contribution is 5.59. The predicted molar refractivity (Wildman–Crippen MR) is 128 cm³/mol. The highest BCUT2D eigenvalue weighted by Gasteiger charge is 2.59. The first-order chi connectivity index (χ1) is 14.7. The van der Waals surface area contributed by atoms with Crippen molar-refractivity contribution < 1.29 is 10.2 Å². The minimum atomic E-state index is -0.335. The number of anilines is 1. The van der Waals surface area contributed by atoms with Crippen LogP contribution in [0.1, 0.15) is 64.4 Å². The molecule has 3 nitrogen and oxygen atoms in total. The van der Waals surface area contributed by atoms with Gasteiger partial charge in [0.1, 0.15) is 0 Å². The summed E-state index contributed by atoms with van der Waals surface area (Å²) in [4.78, 5) is 2.12. The second kappa shape index (κ2) is 7.49. The Morgan fingerprint density at radius 3 is 2.42 bits per heavy atom. The van der Waals surface area contributed by atoms with E-state index < -0.39 is 0 Å². The molecule has 5 rings (SSSR count). The van der Waals surface area contributed by atoms with E-state index in [1.54, 1.807) is 0 Å². The first kappa shape index (κ1) is 21.3. The fourth-order valence-electron chi connectivity index (χ4n) is 7.72. The van der Waals surface area contributed by atoms with Crippen LogP contribution in [0, 0.1) is 28.6 Å². The fourth-order valence-corrected chi connectivity index (χ4v) is 7.72. The van der Waals surface area contributed by atoms with Crippen LogP contribution < -0.4 is 4.90 Å². The molecule has 3 saturated carbocycles. The van der Waals surface area contributed by atoms with Crippen molar-refractivity contribution in [1.82, 2.24) is 0 Å². The monoisotopic (exact) mass is 421 g/mol.